The van der Waals surface area contributed by atoms with Gasteiger partial charge in [-0.25, -0.2) is 0 Å². The molecule has 0 atom stereocenters. The molecule has 0 radical (unpaired) electrons. The molecule has 0 aliphatic carbocycles. The smallest absolute Gasteiger partial charge is 0.293 e. The molecule has 12 heavy (non-hydrogen) atoms. The van der Waals surface area contributed by atoms with Crippen molar-refractivity contribution in [2.45, 2.75) is 13.3 Å². The third-order valence-electron chi connectivity index (χ3n) is 1.66. The number of aryl methyl sites for hydroxylation is 1. The number of nitrogens with one attached hydrogen (secondary N) is 1. The minimum absolute atomic E-state index is 0.254. The van der Waals surface area contributed by atoms with E-state index < -0.39 is 0 Å². The Morgan fingerprint density at radius 3 is 3.00 bits per heavy atom. The van der Waals surface area contributed by atoms with Gasteiger partial charge in [-0.15, -0.1) is 0 Å². The quantitative estimate of drug-likeness (QED) is 0.516. The Hall–Kier alpha value is -1.45. The number of ether oxygens (including phenoxy) is 1. The van der Waals surface area contributed by atoms with E-state index in [1.807, 2.05) is 0 Å². The molecule has 0 fully saturated rings. The van der Waals surface area contributed by atoms with Crippen molar-refractivity contribution >= 4 is 6.47 Å². The van der Waals surface area contributed by atoms with Crippen molar-refractivity contribution in [3.63, 3.8) is 0 Å². The summed E-state index contributed by atoms with van der Waals surface area (Å²) < 4.78 is 4.49. The molecule has 1 aromatic heterocycles. The van der Waals surface area contributed by atoms with Gasteiger partial charge in [0, 0.05) is 18.2 Å². The lowest BCUT2D eigenvalue weighted by Gasteiger charge is -1.97. The van der Waals surface area contributed by atoms with Crippen LogP contribution in [0.3, 0.4) is 0 Å². The SMILES string of the molecule is Cc1c[nH]c(CCOC=O)c1O. The van der Waals surface area contributed by atoms with Crippen LogP contribution in [0.15, 0.2) is 6.20 Å². The van der Waals surface area contributed by atoms with Gasteiger partial charge in [0.15, 0.2) is 0 Å². The molecular formula is C8H11NO3. The third-order valence-corrected chi connectivity index (χ3v) is 1.66. The summed E-state index contributed by atoms with van der Waals surface area (Å²) in [7, 11) is 0. The van der Waals surface area contributed by atoms with E-state index in [1.54, 1.807) is 13.1 Å². The Morgan fingerprint density at radius 2 is 2.50 bits per heavy atom. The summed E-state index contributed by atoms with van der Waals surface area (Å²) in [5, 5.41) is 9.36. The minimum atomic E-state index is 0.254. The monoisotopic (exact) mass is 169 g/mol. The molecule has 0 aliphatic heterocycles. The molecule has 4 nitrogen and oxygen atoms in total. The fourth-order valence-electron chi connectivity index (χ4n) is 0.970. The van der Waals surface area contributed by atoms with E-state index in [4.69, 9.17) is 0 Å². The van der Waals surface area contributed by atoms with Crippen molar-refractivity contribution < 1.29 is 14.6 Å². The van der Waals surface area contributed by atoms with Crippen LogP contribution in [0.5, 0.6) is 5.75 Å². The highest BCUT2D eigenvalue weighted by Crippen LogP contribution is 2.20. The minimum Gasteiger partial charge on any atom is -0.506 e. The van der Waals surface area contributed by atoms with E-state index in [1.165, 1.54) is 0 Å². The average Bonchev–Trinajstić information content (AvgIpc) is 2.36. The van der Waals surface area contributed by atoms with Crippen molar-refractivity contribution in [1.29, 1.82) is 0 Å². The van der Waals surface area contributed by atoms with Crippen LogP contribution in [0.25, 0.3) is 0 Å². The van der Waals surface area contributed by atoms with Gasteiger partial charge < -0.3 is 14.8 Å². The maximum Gasteiger partial charge on any atom is 0.293 e. The third kappa shape index (κ3) is 1.78. The first kappa shape index (κ1) is 8.64. The lowest BCUT2D eigenvalue weighted by molar-refractivity contribution is -0.128. The Kier molecular flexibility index (Phi) is 2.74. The maximum absolute atomic E-state index is 9.79. The van der Waals surface area contributed by atoms with Gasteiger partial charge in [0.25, 0.3) is 6.47 Å². The highest BCUT2D eigenvalue weighted by molar-refractivity contribution is 5.38. The lowest BCUT2D eigenvalue weighted by Crippen LogP contribution is -1.96. The van der Waals surface area contributed by atoms with Crippen LogP contribution in [-0.4, -0.2) is 23.2 Å². The van der Waals surface area contributed by atoms with E-state index in [9.17, 15) is 9.90 Å². The number of hydrogen-bond acceptors (Lipinski definition) is 3. The summed E-state index contributed by atoms with van der Waals surface area (Å²) in [5.41, 5.74) is 1.51. The van der Waals surface area contributed by atoms with Gasteiger partial charge in [-0.1, -0.05) is 0 Å². The molecule has 0 bridgehead atoms. The molecule has 2 N–H and O–H groups in total. The summed E-state index contributed by atoms with van der Waals surface area (Å²) in [6, 6.07) is 0. The molecule has 0 saturated heterocycles. The van der Waals surface area contributed by atoms with Crippen molar-refractivity contribution in [2.24, 2.45) is 0 Å². The van der Waals surface area contributed by atoms with Gasteiger partial charge in [-0.2, -0.15) is 0 Å². The van der Waals surface area contributed by atoms with Gasteiger partial charge in [-0.3, -0.25) is 4.79 Å². The zero-order chi connectivity index (χ0) is 8.97. The van der Waals surface area contributed by atoms with Crippen LogP contribution in [0.1, 0.15) is 11.3 Å². The van der Waals surface area contributed by atoms with Crippen molar-refractivity contribution in [3.05, 3.63) is 17.5 Å². The van der Waals surface area contributed by atoms with Crippen LogP contribution >= 0.6 is 0 Å². The van der Waals surface area contributed by atoms with Crippen LogP contribution in [0.4, 0.5) is 0 Å². The first-order valence-corrected chi connectivity index (χ1v) is 3.66. The highest BCUT2D eigenvalue weighted by Gasteiger charge is 2.05. The summed E-state index contributed by atoms with van der Waals surface area (Å²) >= 11 is 0. The normalized spacial score (nSPS) is 9.75. The fraction of sp³-hybridized carbons (Fsp3) is 0.375. The summed E-state index contributed by atoms with van der Waals surface area (Å²) in [5.74, 6) is 0.254. The predicted molar refractivity (Wildman–Crippen MR) is 42.9 cm³/mol. The fourth-order valence-corrected chi connectivity index (χ4v) is 0.970. The molecule has 0 unspecified atom stereocenters. The Labute approximate surface area is 70.2 Å². The number of carbonyl (C=O) groups excluding carboxylic acids is 1. The molecule has 66 valence electrons. The molecule has 0 aromatic carbocycles. The molecule has 0 amide bonds. The number of aromatic hydroxyl groups is 1. The number of carbonyl (C=O) groups is 1. The van der Waals surface area contributed by atoms with Crippen LogP contribution in [0.2, 0.25) is 0 Å². The highest BCUT2D eigenvalue weighted by atomic mass is 16.5. The molecular weight excluding hydrogens is 158 g/mol. The van der Waals surface area contributed by atoms with E-state index in [0.29, 0.717) is 18.6 Å². The summed E-state index contributed by atoms with van der Waals surface area (Å²) in [6.45, 7) is 2.49. The zero-order valence-corrected chi connectivity index (χ0v) is 6.83. The van der Waals surface area contributed by atoms with E-state index in [-0.39, 0.29) is 12.4 Å². The summed E-state index contributed by atoms with van der Waals surface area (Å²) in [4.78, 5) is 12.7. The molecule has 1 heterocycles. The lowest BCUT2D eigenvalue weighted by atomic mass is 10.2. The largest absolute Gasteiger partial charge is 0.506 e. The Bertz CT molecular complexity index is 267. The van der Waals surface area contributed by atoms with Crippen LogP contribution in [-0.2, 0) is 16.0 Å². The number of aromatic amines is 1. The van der Waals surface area contributed by atoms with E-state index in [2.05, 4.69) is 9.72 Å². The van der Waals surface area contributed by atoms with Crippen molar-refractivity contribution in [2.75, 3.05) is 6.61 Å². The standard InChI is InChI=1S/C8H11NO3/c1-6-4-9-7(8(6)11)2-3-12-5-10/h4-5,9,11H,2-3H2,1H3. The number of aromatic nitrogens is 1. The second-order valence-corrected chi connectivity index (χ2v) is 2.52. The zero-order valence-electron chi connectivity index (χ0n) is 6.83. The number of rotatable bonds is 4. The van der Waals surface area contributed by atoms with Gasteiger partial charge in [0.2, 0.25) is 0 Å². The van der Waals surface area contributed by atoms with Crippen LogP contribution < -0.4 is 0 Å². The Morgan fingerprint density at radius 1 is 1.75 bits per heavy atom. The molecule has 0 saturated carbocycles. The van der Waals surface area contributed by atoms with Crippen molar-refractivity contribution in [1.82, 2.24) is 4.98 Å². The first-order valence-electron chi connectivity index (χ1n) is 3.66. The van der Waals surface area contributed by atoms with E-state index in [0.717, 1.165) is 5.56 Å². The maximum atomic E-state index is 9.79. The Balaban J connectivity index is 2.51. The number of H-pyrrole nitrogens is 1. The van der Waals surface area contributed by atoms with Crippen LogP contribution in [0, 0.1) is 6.92 Å². The van der Waals surface area contributed by atoms with Gasteiger partial charge in [0.1, 0.15) is 5.75 Å². The topological polar surface area (TPSA) is 62.3 Å². The average molecular weight is 169 g/mol. The molecule has 1 rings (SSSR count). The first-order chi connectivity index (χ1) is 5.75. The molecule has 0 aliphatic rings. The van der Waals surface area contributed by atoms with E-state index >= 15 is 0 Å². The van der Waals surface area contributed by atoms with Gasteiger partial charge in [0.05, 0.1) is 12.3 Å². The second-order valence-electron chi connectivity index (χ2n) is 2.52. The molecule has 1 aromatic rings. The van der Waals surface area contributed by atoms with Gasteiger partial charge in [-0.05, 0) is 6.92 Å². The number of hydrogen-bond donors (Lipinski definition) is 2. The second kappa shape index (κ2) is 3.80. The van der Waals surface area contributed by atoms with Gasteiger partial charge >= 0.3 is 0 Å². The predicted octanol–water partition coefficient (Wildman–Crippen LogP) is 0.744. The molecule has 4 heteroatoms. The van der Waals surface area contributed by atoms with Crippen molar-refractivity contribution in [3.8, 4) is 5.75 Å². The summed E-state index contributed by atoms with van der Waals surface area (Å²) in [6.07, 6.45) is 2.23. The molecule has 0 spiro atoms.